The van der Waals surface area contributed by atoms with Crippen molar-refractivity contribution in [1.29, 1.82) is 0 Å². The number of benzene rings is 2. The number of amides is 1. The summed E-state index contributed by atoms with van der Waals surface area (Å²) in [5, 5.41) is 10.9. The highest BCUT2D eigenvalue weighted by Gasteiger charge is 2.26. The third-order valence-corrected chi connectivity index (χ3v) is 6.07. The van der Waals surface area contributed by atoms with E-state index in [1.54, 1.807) is 31.5 Å². The van der Waals surface area contributed by atoms with E-state index in [1.165, 1.54) is 0 Å². The van der Waals surface area contributed by atoms with Crippen LogP contribution in [0.3, 0.4) is 0 Å². The Morgan fingerprint density at radius 2 is 1.62 bits per heavy atom. The van der Waals surface area contributed by atoms with Crippen LogP contribution in [0.2, 0.25) is 0 Å². The van der Waals surface area contributed by atoms with Crippen molar-refractivity contribution < 1.29 is 19.5 Å². The number of carbonyl (C=O) groups excluding carboxylic acids is 2. The van der Waals surface area contributed by atoms with Crippen molar-refractivity contribution in [2.45, 2.75) is 31.1 Å². The molecule has 0 saturated heterocycles. The molecule has 2 atom stereocenters. The predicted octanol–water partition coefficient (Wildman–Crippen LogP) is 3.75. The molecule has 3 rings (SSSR count). The first kappa shape index (κ1) is 23.2. The summed E-state index contributed by atoms with van der Waals surface area (Å²) in [6.45, 7) is 1.56. The maximum absolute atomic E-state index is 12.5. The molecule has 0 saturated carbocycles. The van der Waals surface area contributed by atoms with Crippen LogP contribution in [0.1, 0.15) is 18.1 Å². The second-order valence-corrected chi connectivity index (χ2v) is 8.57. The van der Waals surface area contributed by atoms with Crippen LogP contribution in [0, 0.1) is 0 Å². The van der Waals surface area contributed by atoms with Crippen LogP contribution in [-0.2, 0) is 27.2 Å². The number of hydrogen-bond donors (Lipinski definition) is 2. The number of nitrogens with one attached hydrogen (secondary N) is 1. The molecule has 0 spiro atoms. The lowest BCUT2D eigenvalue weighted by Gasteiger charge is -2.16. The topological polar surface area (TPSA) is 96.4 Å². The Morgan fingerprint density at radius 3 is 2.25 bits per heavy atom. The average Bonchev–Trinajstić information content (AvgIpc) is 2.80. The maximum Gasteiger partial charge on any atom is 0.317 e. The van der Waals surface area contributed by atoms with Crippen LogP contribution >= 0.6 is 11.8 Å². The molecule has 0 unspecified atom stereocenters. The van der Waals surface area contributed by atoms with Gasteiger partial charge in [-0.05, 0) is 41.7 Å². The minimum absolute atomic E-state index is 0.103. The van der Waals surface area contributed by atoms with Crippen molar-refractivity contribution >= 4 is 28.8 Å². The molecule has 0 fully saturated rings. The Labute approximate surface area is 191 Å². The fraction of sp³-hybridized carbons (Fsp3) is 0.200. The molecule has 0 radical (unpaired) electrons. The van der Waals surface area contributed by atoms with Gasteiger partial charge in [-0.25, -0.2) is 0 Å². The number of carboxylic acid groups (broad SMARTS) is 1. The van der Waals surface area contributed by atoms with Crippen LogP contribution in [0.5, 0.6) is 0 Å². The van der Waals surface area contributed by atoms with Crippen molar-refractivity contribution in [2.24, 2.45) is 0 Å². The summed E-state index contributed by atoms with van der Waals surface area (Å²) in [6, 6.07) is 20.2. The molecule has 1 aromatic heterocycles. The summed E-state index contributed by atoms with van der Waals surface area (Å²) in [6.07, 6.45) is 3.51. The smallest absolute Gasteiger partial charge is 0.317 e. The molecule has 7 heteroatoms. The first-order chi connectivity index (χ1) is 15.4. The molecular weight excluding hydrogens is 424 g/mol. The third kappa shape index (κ3) is 6.78. The second-order valence-electron chi connectivity index (χ2n) is 7.36. The van der Waals surface area contributed by atoms with Crippen molar-refractivity contribution in [3.8, 4) is 11.1 Å². The van der Waals surface area contributed by atoms with Gasteiger partial charge < -0.3 is 10.4 Å². The van der Waals surface area contributed by atoms with Crippen molar-refractivity contribution in [1.82, 2.24) is 10.3 Å². The summed E-state index contributed by atoms with van der Waals surface area (Å²) < 4.78 is 0. The summed E-state index contributed by atoms with van der Waals surface area (Å²) in [4.78, 5) is 40.4. The molecule has 0 aliphatic carbocycles. The highest BCUT2D eigenvalue weighted by Crippen LogP contribution is 2.23. The zero-order chi connectivity index (χ0) is 22.9. The number of pyridine rings is 1. The van der Waals surface area contributed by atoms with Gasteiger partial charge in [0.1, 0.15) is 5.25 Å². The standard InChI is InChI=1S/C25H24N2O4S/c1-17(27-23(28)15-19-6-5-13-26-16-19)25(31)32-22(24(29)30)14-18-9-11-21(12-10-18)20-7-3-2-4-8-20/h2-13,16-17,22H,14-15H2,1H3,(H,27,28)(H,29,30)/t17-,22-/m1/s1. The van der Waals surface area contributed by atoms with E-state index in [1.807, 2.05) is 54.6 Å². The van der Waals surface area contributed by atoms with Crippen LogP contribution in [-0.4, -0.2) is 38.4 Å². The van der Waals surface area contributed by atoms with Gasteiger partial charge in [-0.15, -0.1) is 0 Å². The number of thioether (sulfide) groups is 1. The van der Waals surface area contributed by atoms with Crippen molar-refractivity contribution in [3.63, 3.8) is 0 Å². The molecule has 164 valence electrons. The number of carboxylic acids is 1. The molecular formula is C25H24N2O4S. The zero-order valence-corrected chi connectivity index (χ0v) is 18.4. The number of aromatic nitrogens is 1. The minimum atomic E-state index is -1.07. The lowest BCUT2D eigenvalue weighted by molar-refractivity contribution is -0.136. The van der Waals surface area contributed by atoms with Crippen LogP contribution in [0.15, 0.2) is 79.1 Å². The number of hydrogen-bond acceptors (Lipinski definition) is 5. The lowest BCUT2D eigenvalue weighted by atomic mass is 10.0. The first-order valence-corrected chi connectivity index (χ1v) is 11.1. The van der Waals surface area contributed by atoms with Gasteiger partial charge in [0, 0.05) is 12.4 Å². The summed E-state index contributed by atoms with van der Waals surface area (Å²) in [7, 11) is 0. The van der Waals surface area contributed by atoms with E-state index in [2.05, 4.69) is 10.3 Å². The Balaban J connectivity index is 1.56. The Kier molecular flexibility index (Phi) is 8.16. The Bertz CT molecular complexity index is 1060. The summed E-state index contributed by atoms with van der Waals surface area (Å²) in [5.74, 6) is -1.38. The summed E-state index contributed by atoms with van der Waals surface area (Å²) >= 11 is 0.739. The fourth-order valence-electron chi connectivity index (χ4n) is 3.14. The molecule has 0 bridgehead atoms. The van der Waals surface area contributed by atoms with E-state index >= 15 is 0 Å². The average molecular weight is 449 g/mol. The van der Waals surface area contributed by atoms with Gasteiger partial charge in [0.25, 0.3) is 0 Å². The molecule has 1 amide bonds. The quantitative estimate of drug-likeness (QED) is 0.518. The third-order valence-electron chi connectivity index (χ3n) is 4.83. The van der Waals surface area contributed by atoms with Gasteiger partial charge in [0.15, 0.2) is 0 Å². The Morgan fingerprint density at radius 1 is 0.938 bits per heavy atom. The van der Waals surface area contributed by atoms with Gasteiger partial charge in [0.2, 0.25) is 11.0 Å². The van der Waals surface area contributed by atoms with Gasteiger partial charge in [-0.2, -0.15) is 0 Å². The van der Waals surface area contributed by atoms with Gasteiger partial charge in [0.05, 0.1) is 12.5 Å². The monoisotopic (exact) mass is 448 g/mol. The van der Waals surface area contributed by atoms with Crippen molar-refractivity contribution in [2.75, 3.05) is 0 Å². The molecule has 32 heavy (non-hydrogen) atoms. The van der Waals surface area contributed by atoms with E-state index in [0.717, 1.165) is 34.0 Å². The van der Waals surface area contributed by atoms with Gasteiger partial charge >= 0.3 is 5.97 Å². The largest absolute Gasteiger partial charge is 0.480 e. The van der Waals surface area contributed by atoms with E-state index in [-0.39, 0.29) is 18.7 Å². The normalized spacial score (nSPS) is 12.5. The molecule has 2 N–H and O–H groups in total. The molecule has 0 aliphatic rings. The lowest BCUT2D eigenvalue weighted by Crippen LogP contribution is -2.39. The number of nitrogens with zero attached hydrogens (tertiary/aromatic N) is 1. The molecule has 1 heterocycles. The van der Waals surface area contributed by atoms with Crippen LogP contribution in [0.4, 0.5) is 0 Å². The van der Waals surface area contributed by atoms with E-state index in [4.69, 9.17) is 0 Å². The minimum Gasteiger partial charge on any atom is -0.480 e. The van der Waals surface area contributed by atoms with Gasteiger partial charge in [-0.1, -0.05) is 72.4 Å². The highest BCUT2D eigenvalue weighted by molar-refractivity contribution is 8.14. The number of aliphatic carboxylic acids is 1. The Hall–Kier alpha value is -3.45. The number of carbonyl (C=O) groups is 3. The molecule has 0 aliphatic heterocycles. The van der Waals surface area contributed by atoms with Crippen molar-refractivity contribution in [3.05, 3.63) is 90.3 Å². The zero-order valence-electron chi connectivity index (χ0n) is 17.6. The molecule has 3 aromatic rings. The van der Waals surface area contributed by atoms with E-state index in [9.17, 15) is 19.5 Å². The van der Waals surface area contributed by atoms with Crippen LogP contribution < -0.4 is 5.32 Å². The summed E-state index contributed by atoms with van der Waals surface area (Å²) in [5.41, 5.74) is 3.68. The second kappa shape index (κ2) is 11.2. The maximum atomic E-state index is 12.5. The number of rotatable bonds is 9. The fourth-order valence-corrected chi connectivity index (χ4v) is 4.06. The highest BCUT2D eigenvalue weighted by atomic mass is 32.2. The van der Waals surface area contributed by atoms with E-state index in [0.29, 0.717) is 0 Å². The van der Waals surface area contributed by atoms with Crippen LogP contribution in [0.25, 0.3) is 11.1 Å². The first-order valence-electron chi connectivity index (χ1n) is 10.2. The molecule has 2 aromatic carbocycles. The van der Waals surface area contributed by atoms with Gasteiger partial charge in [-0.3, -0.25) is 19.4 Å². The predicted molar refractivity (Wildman–Crippen MR) is 125 cm³/mol. The molecule has 6 nitrogen and oxygen atoms in total. The van der Waals surface area contributed by atoms with E-state index < -0.39 is 22.4 Å². The SMILES string of the molecule is C[C@@H](NC(=O)Cc1cccnc1)C(=O)S[C@H](Cc1ccc(-c2ccccc2)cc1)C(=O)O.